The maximum Gasteiger partial charge on any atom is 0.317 e. The van der Waals surface area contributed by atoms with E-state index in [0.717, 1.165) is 19.5 Å². The molecule has 1 saturated heterocycles. The summed E-state index contributed by atoms with van der Waals surface area (Å²) in [7, 11) is 0. The number of aliphatic hydroxyl groups is 1. The highest BCUT2D eigenvalue weighted by Gasteiger charge is 2.31. The van der Waals surface area contributed by atoms with Crippen LogP contribution in [-0.2, 0) is 0 Å². The van der Waals surface area contributed by atoms with E-state index in [4.69, 9.17) is 0 Å². The van der Waals surface area contributed by atoms with E-state index in [2.05, 4.69) is 19.2 Å². The fourth-order valence-corrected chi connectivity index (χ4v) is 3.79. The van der Waals surface area contributed by atoms with E-state index in [1.165, 1.54) is 38.5 Å². The molecular formula is C17H32N2O2. The van der Waals surface area contributed by atoms with Crippen molar-refractivity contribution in [1.29, 1.82) is 0 Å². The first-order valence-corrected chi connectivity index (χ1v) is 8.67. The third-order valence-electron chi connectivity index (χ3n) is 4.94. The molecule has 0 aromatic rings. The molecule has 21 heavy (non-hydrogen) atoms. The monoisotopic (exact) mass is 296 g/mol. The van der Waals surface area contributed by atoms with Gasteiger partial charge in [-0.3, -0.25) is 0 Å². The summed E-state index contributed by atoms with van der Waals surface area (Å²) in [6.07, 6.45) is 9.02. The number of rotatable bonds is 2. The van der Waals surface area contributed by atoms with Gasteiger partial charge in [-0.05, 0) is 37.0 Å². The van der Waals surface area contributed by atoms with Crippen molar-refractivity contribution < 1.29 is 9.90 Å². The van der Waals surface area contributed by atoms with E-state index in [1.54, 1.807) is 0 Å². The van der Waals surface area contributed by atoms with Gasteiger partial charge in [-0.1, -0.05) is 39.5 Å². The number of nitrogens with zero attached hydrogens (tertiary/aromatic N) is 1. The zero-order valence-corrected chi connectivity index (χ0v) is 13.7. The molecule has 4 heteroatoms. The highest BCUT2D eigenvalue weighted by Crippen LogP contribution is 2.28. The number of urea groups is 1. The van der Waals surface area contributed by atoms with Crippen molar-refractivity contribution in [3.8, 4) is 0 Å². The van der Waals surface area contributed by atoms with E-state index in [1.807, 2.05) is 4.90 Å². The number of amides is 2. The molecule has 2 aliphatic rings. The van der Waals surface area contributed by atoms with Crippen LogP contribution in [0.5, 0.6) is 0 Å². The van der Waals surface area contributed by atoms with E-state index in [9.17, 15) is 9.90 Å². The Balaban J connectivity index is 1.81. The maximum absolute atomic E-state index is 12.4. The van der Waals surface area contributed by atoms with Gasteiger partial charge >= 0.3 is 6.03 Å². The van der Waals surface area contributed by atoms with Gasteiger partial charge in [-0.15, -0.1) is 0 Å². The van der Waals surface area contributed by atoms with Crippen LogP contribution in [0.2, 0.25) is 0 Å². The third-order valence-corrected chi connectivity index (χ3v) is 4.94. The fraction of sp³-hybridized carbons (Fsp3) is 0.941. The number of carbonyl (C=O) groups excluding carboxylic acids is 1. The number of hydrogen-bond donors (Lipinski definition) is 2. The van der Waals surface area contributed by atoms with Crippen LogP contribution in [0.15, 0.2) is 0 Å². The van der Waals surface area contributed by atoms with Gasteiger partial charge in [0.15, 0.2) is 0 Å². The van der Waals surface area contributed by atoms with Crippen molar-refractivity contribution >= 4 is 6.03 Å². The zero-order chi connectivity index (χ0) is 15.3. The van der Waals surface area contributed by atoms with E-state index >= 15 is 0 Å². The summed E-state index contributed by atoms with van der Waals surface area (Å²) in [6, 6.07) is 0.0569. The largest absolute Gasteiger partial charge is 0.393 e. The molecule has 0 spiro atoms. The Hall–Kier alpha value is -0.770. The lowest BCUT2D eigenvalue weighted by molar-refractivity contribution is 0.121. The van der Waals surface area contributed by atoms with E-state index in [0.29, 0.717) is 18.9 Å². The molecule has 2 rings (SSSR count). The number of carbonyl (C=O) groups is 1. The lowest BCUT2D eigenvalue weighted by atomic mass is 9.87. The molecule has 1 aliphatic carbocycles. The minimum absolute atomic E-state index is 0.00439. The Morgan fingerprint density at radius 3 is 2.52 bits per heavy atom. The number of hydrogen-bond acceptors (Lipinski definition) is 2. The highest BCUT2D eigenvalue weighted by atomic mass is 16.3. The molecule has 1 saturated carbocycles. The molecule has 1 atom stereocenters. The smallest absolute Gasteiger partial charge is 0.317 e. The summed E-state index contributed by atoms with van der Waals surface area (Å²) < 4.78 is 0. The Morgan fingerprint density at radius 1 is 1.19 bits per heavy atom. The van der Waals surface area contributed by atoms with Crippen molar-refractivity contribution in [2.24, 2.45) is 11.3 Å². The average molecular weight is 296 g/mol. The summed E-state index contributed by atoms with van der Waals surface area (Å²) in [5.74, 6) is 0.655. The summed E-state index contributed by atoms with van der Waals surface area (Å²) in [6.45, 7) is 6.49. The predicted octanol–water partition coefficient (Wildman–Crippen LogP) is 3.15. The van der Waals surface area contributed by atoms with Gasteiger partial charge in [0.2, 0.25) is 0 Å². The molecule has 0 aromatic carbocycles. The second-order valence-corrected chi connectivity index (χ2v) is 7.78. The van der Waals surface area contributed by atoms with Gasteiger partial charge < -0.3 is 15.3 Å². The lowest BCUT2D eigenvalue weighted by Crippen LogP contribution is -2.45. The van der Waals surface area contributed by atoms with Crippen LogP contribution in [-0.4, -0.2) is 41.8 Å². The van der Waals surface area contributed by atoms with Crippen LogP contribution >= 0.6 is 0 Å². The standard InChI is InChI=1S/C17H32N2O2/c1-17(2)11-15(20)9-10-19(13-17)16(21)18-12-14-7-5-3-4-6-8-14/h14-15,20H,3-13H2,1-2H3,(H,18,21). The van der Waals surface area contributed by atoms with Gasteiger partial charge in [0.05, 0.1) is 6.10 Å². The first-order valence-electron chi connectivity index (χ1n) is 8.67. The Labute approximate surface area is 129 Å². The van der Waals surface area contributed by atoms with Crippen LogP contribution in [0, 0.1) is 11.3 Å². The molecule has 2 fully saturated rings. The Kier molecular flexibility index (Phi) is 5.91. The predicted molar refractivity (Wildman–Crippen MR) is 85.2 cm³/mol. The molecule has 4 nitrogen and oxygen atoms in total. The van der Waals surface area contributed by atoms with Crippen molar-refractivity contribution in [1.82, 2.24) is 10.2 Å². The molecule has 0 aromatic heterocycles. The summed E-state index contributed by atoms with van der Waals surface area (Å²) in [5, 5.41) is 13.1. The Bertz CT molecular complexity index is 336. The molecule has 0 bridgehead atoms. The van der Waals surface area contributed by atoms with Gasteiger partial charge in [-0.2, -0.15) is 0 Å². The molecule has 1 unspecified atom stereocenters. The Morgan fingerprint density at radius 2 is 1.86 bits per heavy atom. The second kappa shape index (κ2) is 7.48. The first-order chi connectivity index (χ1) is 9.96. The van der Waals surface area contributed by atoms with Crippen molar-refractivity contribution in [3.05, 3.63) is 0 Å². The first kappa shape index (κ1) is 16.6. The molecule has 2 N–H and O–H groups in total. The number of nitrogens with one attached hydrogen (secondary N) is 1. The quantitative estimate of drug-likeness (QED) is 0.769. The number of likely N-dealkylation sites (tertiary alicyclic amines) is 1. The van der Waals surface area contributed by atoms with Gasteiger partial charge in [-0.25, -0.2) is 4.79 Å². The fourth-order valence-electron chi connectivity index (χ4n) is 3.79. The zero-order valence-electron chi connectivity index (χ0n) is 13.7. The van der Waals surface area contributed by atoms with Crippen molar-refractivity contribution in [2.45, 2.75) is 71.3 Å². The number of aliphatic hydroxyl groups excluding tert-OH is 1. The van der Waals surface area contributed by atoms with Gasteiger partial charge in [0.25, 0.3) is 0 Å². The molecular weight excluding hydrogens is 264 g/mol. The van der Waals surface area contributed by atoms with Crippen LogP contribution in [0.1, 0.15) is 65.2 Å². The van der Waals surface area contributed by atoms with E-state index in [-0.39, 0.29) is 17.6 Å². The molecule has 2 amide bonds. The SMILES string of the molecule is CC1(C)CC(O)CCN(C(=O)NCC2CCCCCC2)C1. The van der Waals surface area contributed by atoms with E-state index < -0.39 is 0 Å². The summed E-state index contributed by atoms with van der Waals surface area (Å²) in [5.41, 5.74) is -0.00439. The third kappa shape index (κ3) is 5.50. The summed E-state index contributed by atoms with van der Waals surface area (Å²) in [4.78, 5) is 14.3. The molecule has 1 heterocycles. The lowest BCUT2D eigenvalue weighted by Gasteiger charge is -2.30. The van der Waals surface area contributed by atoms with Crippen molar-refractivity contribution in [3.63, 3.8) is 0 Å². The topological polar surface area (TPSA) is 52.6 Å². The van der Waals surface area contributed by atoms with Crippen LogP contribution in [0.25, 0.3) is 0 Å². The highest BCUT2D eigenvalue weighted by molar-refractivity contribution is 5.74. The maximum atomic E-state index is 12.4. The minimum atomic E-state index is -0.278. The van der Waals surface area contributed by atoms with Gasteiger partial charge in [0.1, 0.15) is 0 Å². The minimum Gasteiger partial charge on any atom is -0.393 e. The molecule has 1 aliphatic heterocycles. The van der Waals surface area contributed by atoms with Crippen LogP contribution in [0.3, 0.4) is 0 Å². The second-order valence-electron chi connectivity index (χ2n) is 7.78. The van der Waals surface area contributed by atoms with Crippen LogP contribution < -0.4 is 5.32 Å². The van der Waals surface area contributed by atoms with Crippen molar-refractivity contribution in [2.75, 3.05) is 19.6 Å². The molecule has 122 valence electrons. The molecule has 0 radical (unpaired) electrons. The normalized spacial score (nSPS) is 27.8. The average Bonchev–Trinajstić information content (AvgIpc) is 2.74. The van der Waals surface area contributed by atoms with Gasteiger partial charge in [0, 0.05) is 19.6 Å². The van der Waals surface area contributed by atoms with Crippen LogP contribution in [0.4, 0.5) is 4.79 Å². The summed E-state index contributed by atoms with van der Waals surface area (Å²) >= 11 is 0.